The van der Waals surface area contributed by atoms with Crippen LogP contribution in [0.3, 0.4) is 0 Å². The molecule has 0 saturated carbocycles. The molecule has 2 N–H and O–H groups in total. The van der Waals surface area contributed by atoms with Gasteiger partial charge in [-0.2, -0.15) is 4.31 Å². The van der Waals surface area contributed by atoms with Gasteiger partial charge in [0.2, 0.25) is 10.0 Å². The zero-order valence-electron chi connectivity index (χ0n) is 12.7. The second kappa shape index (κ2) is 6.77. The van der Waals surface area contributed by atoms with Gasteiger partial charge in [-0.3, -0.25) is 0 Å². The maximum Gasteiger partial charge on any atom is 0.243 e. The highest BCUT2D eigenvalue weighted by Gasteiger charge is 2.36. The van der Waals surface area contributed by atoms with Crippen LogP contribution in [-0.2, 0) is 10.0 Å². The lowest BCUT2D eigenvalue weighted by Gasteiger charge is -2.26. The second-order valence-electron chi connectivity index (χ2n) is 5.68. The predicted molar refractivity (Wildman–Crippen MR) is 82.7 cm³/mol. The predicted octanol–water partition coefficient (Wildman–Crippen LogP) is 1.83. The molecular formula is C15H24N2O3S. The van der Waals surface area contributed by atoms with Crippen LogP contribution in [0.2, 0.25) is 0 Å². The van der Waals surface area contributed by atoms with Crippen molar-refractivity contribution in [1.29, 1.82) is 0 Å². The van der Waals surface area contributed by atoms with E-state index in [2.05, 4.69) is 13.8 Å². The largest absolute Gasteiger partial charge is 0.492 e. The highest BCUT2D eigenvalue weighted by atomic mass is 32.2. The van der Waals surface area contributed by atoms with E-state index in [1.807, 2.05) is 0 Å². The summed E-state index contributed by atoms with van der Waals surface area (Å²) in [5.41, 5.74) is 5.37. The van der Waals surface area contributed by atoms with E-state index in [0.717, 1.165) is 12.8 Å². The van der Waals surface area contributed by atoms with Crippen LogP contribution < -0.4 is 10.5 Å². The Morgan fingerprint density at radius 2 is 2.00 bits per heavy atom. The normalized spacial score (nSPS) is 20.1. The summed E-state index contributed by atoms with van der Waals surface area (Å²) in [6, 6.07) is 6.68. The average molecular weight is 312 g/mol. The number of ether oxygens (including phenoxy) is 1. The number of benzene rings is 1. The van der Waals surface area contributed by atoms with Gasteiger partial charge in [-0.15, -0.1) is 0 Å². The van der Waals surface area contributed by atoms with Gasteiger partial charge in [-0.25, -0.2) is 8.42 Å². The van der Waals surface area contributed by atoms with Crippen LogP contribution in [0.4, 0.5) is 0 Å². The fraction of sp³-hybridized carbons (Fsp3) is 0.600. The van der Waals surface area contributed by atoms with Crippen LogP contribution in [0.15, 0.2) is 29.2 Å². The van der Waals surface area contributed by atoms with Gasteiger partial charge < -0.3 is 10.5 Å². The summed E-state index contributed by atoms with van der Waals surface area (Å²) in [6.07, 6.45) is 1.87. The third kappa shape index (κ3) is 3.56. The van der Waals surface area contributed by atoms with E-state index in [1.165, 1.54) is 0 Å². The molecule has 0 amide bonds. The van der Waals surface area contributed by atoms with Crippen LogP contribution in [-0.4, -0.2) is 38.5 Å². The summed E-state index contributed by atoms with van der Waals surface area (Å²) < 4.78 is 32.5. The Bertz CT molecular complexity index is 555. The molecule has 5 nitrogen and oxygen atoms in total. The van der Waals surface area contributed by atoms with Gasteiger partial charge in [0.25, 0.3) is 0 Å². The molecule has 21 heavy (non-hydrogen) atoms. The van der Waals surface area contributed by atoms with Gasteiger partial charge >= 0.3 is 0 Å². The second-order valence-corrected chi connectivity index (χ2v) is 7.57. The molecule has 1 atom stereocenters. The minimum absolute atomic E-state index is 0.100. The molecular weight excluding hydrogens is 288 g/mol. The molecule has 0 radical (unpaired) electrons. The van der Waals surface area contributed by atoms with Crippen molar-refractivity contribution < 1.29 is 13.2 Å². The summed E-state index contributed by atoms with van der Waals surface area (Å²) >= 11 is 0. The van der Waals surface area contributed by atoms with Gasteiger partial charge in [0.15, 0.2) is 0 Å². The molecule has 1 saturated heterocycles. The Morgan fingerprint density at radius 1 is 1.33 bits per heavy atom. The molecule has 0 aliphatic carbocycles. The molecule has 1 heterocycles. The number of hydrogen-bond donors (Lipinski definition) is 1. The minimum Gasteiger partial charge on any atom is -0.492 e. The Hall–Kier alpha value is -1.11. The van der Waals surface area contributed by atoms with E-state index in [4.69, 9.17) is 10.5 Å². The van der Waals surface area contributed by atoms with Crippen molar-refractivity contribution in [2.75, 3.05) is 19.7 Å². The maximum absolute atomic E-state index is 12.7. The zero-order chi connectivity index (χ0) is 15.5. The molecule has 0 aromatic heterocycles. The van der Waals surface area contributed by atoms with E-state index < -0.39 is 10.0 Å². The molecule has 1 fully saturated rings. The van der Waals surface area contributed by atoms with Gasteiger partial charge in [-0.1, -0.05) is 13.8 Å². The average Bonchev–Trinajstić information content (AvgIpc) is 2.96. The number of sulfonamides is 1. The fourth-order valence-electron chi connectivity index (χ4n) is 2.75. The van der Waals surface area contributed by atoms with Crippen LogP contribution in [0.25, 0.3) is 0 Å². The molecule has 1 aliphatic heterocycles. The number of hydrogen-bond acceptors (Lipinski definition) is 4. The summed E-state index contributed by atoms with van der Waals surface area (Å²) in [4.78, 5) is 0.329. The Labute approximate surface area is 127 Å². The first-order valence-corrected chi connectivity index (χ1v) is 8.85. The van der Waals surface area contributed by atoms with Crippen molar-refractivity contribution in [3.63, 3.8) is 0 Å². The topological polar surface area (TPSA) is 72.6 Å². The molecule has 1 aromatic rings. The van der Waals surface area contributed by atoms with E-state index in [0.29, 0.717) is 36.3 Å². The number of nitrogens with zero attached hydrogens (tertiary/aromatic N) is 1. The highest BCUT2D eigenvalue weighted by molar-refractivity contribution is 7.89. The fourth-order valence-corrected chi connectivity index (χ4v) is 4.58. The van der Waals surface area contributed by atoms with Gasteiger partial charge in [-0.05, 0) is 43.0 Å². The SMILES string of the molecule is CC(C)C1CCCN1S(=O)(=O)c1ccc(OCCN)cc1. The van der Waals surface area contributed by atoms with Crippen molar-refractivity contribution >= 4 is 10.0 Å². The Kier molecular flexibility index (Phi) is 5.24. The van der Waals surface area contributed by atoms with Crippen LogP contribution in [0.1, 0.15) is 26.7 Å². The third-order valence-corrected chi connectivity index (χ3v) is 5.77. The van der Waals surface area contributed by atoms with E-state index in [-0.39, 0.29) is 6.04 Å². The lowest BCUT2D eigenvalue weighted by molar-refractivity contribution is 0.315. The van der Waals surface area contributed by atoms with Gasteiger partial charge in [0.05, 0.1) is 4.90 Å². The van der Waals surface area contributed by atoms with E-state index in [9.17, 15) is 8.42 Å². The first kappa shape index (κ1) is 16.3. The van der Waals surface area contributed by atoms with Crippen molar-refractivity contribution in [1.82, 2.24) is 4.31 Å². The van der Waals surface area contributed by atoms with Crippen LogP contribution in [0, 0.1) is 5.92 Å². The van der Waals surface area contributed by atoms with Crippen molar-refractivity contribution in [2.24, 2.45) is 11.7 Å². The highest BCUT2D eigenvalue weighted by Crippen LogP contribution is 2.30. The first-order chi connectivity index (χ1) is 9.96. The van der Waals surface area contributed by atoms with Crippen LogP contribution >= 0.6 is 0 Å². The van der Waals surface area contributed by atoms with Gasteiger partial charge in [0.1, 0.15) is 12.4 Å². The Morgan fingerprint density at radius 3 is 2.57 bits per heavy atom. The third-order valence-electron chi connectivity index (χ3n) is 3.83. The maximum atomic E-state index is 12.7. The van der Waals surface area contributed by atoms with Crippen molar-refractivity contribution in [3.8, 4) is 5.75 Å². The van der Waals surface area contributed by atoms with Crippen LogP contribution in [0.5, 0.6) is 5.75 Å². The minimum atomic E-state index is -3.42. The Balaban J connectivity index is 2.19. The monoisotopic (exact) mass is 312 g/mol. The van der Waals surface area contributed by atoms with Crippen molar-refractivity contribution in [2.45, 2.75) is 37.6 Å². The molecule has 2 rings (SSSR count). The summed E-state index contributed by atoms with van der Waals surface area (Å²) in [5.74, 6) is 0.968. The number of rotatable bonds is 6. The molecule has 1 aliphatic rings. The standard InChI is InChI=1S/C15H24N2O3S/c1-12(2)15-4-3-10-17(15)21(18,19)14-7-5-13(6-8-14)20-11-9-16/h5-8,12,15H,3-4,9-11,16H2,1-2H3. The molecule has 6 heteroatoms. The summed E-state index contributed by atoms with van der Waals surface area (Å²) in [7, 11) is -3.42. The smallest absolute Gasteiger partial charge is 0.243 e. The molecule has 118 valence electrons. The number of nitrogens with two attached hydrogens (primary N) is 1. The zero-order valence-corrected chi connectivity index (χ0v) is 13.5. The van der Waals surface area contributed by atoms with Crippen molar-refractivity contribution in [3.05, 3.63) is 24.3 Å². The quantitative estimate of drug-likeness (QED) is 0.870. The molecule has 1 aromatic carbocycles. The molecule has 0 spiro atoms. The van der Waals surface area contributed by atoms with E-state index >= 15 is 0 Å². The molecule has 1 unspecified atom stereocenters. The lowest BCUT2D eigenvalue weighted by atomic mass is 10.0. The first-order valence-electron chi connectivity index (χ1n) is 7.41. The van der Waals surface area contributed by atoms with E-state index in [1.54, 1.807) is 28.6 Å². The summed E-state index contributed by atoms with van der Waals surface area (Å²) in [6.45, 7) is 5.61. The lowest BCUT2D eigenvalue weighted by Crippen LogP contribution is -2.38. The molecule has 0 bridgehead atoms. The van der Waals surface area contributed by atoms with Gasteiger partial charge in [0, 0.05) is 19.1 Å². The summed E-state index contributed by atoms with van der Waals surface area (Å²) in [5, 5.41) is 0.